The summed E-state index contributed by atoms with van der Waals surface area (Å²) in [5.74, 6) is 3.48. The second kappa shape index (κ2) is 8.08. The summed E-state index contributed by atoms with van der Waals surface area (Å²) in [6.07, 6.45) is 9.19. The van der Waals surface area contributed by atoms with Crippen molar-refractivity contribution in [2.45, 2.75) is 64.5 Å². The van der Waals surface area contributed by atoms with Gasteiger partial charge in [0.1, 0.15) is 0 Å². The molecule has 0 amide bonds. The summed E-state index contributed by atoms with van der Waals surface area (Å²) in [5.41, 5.74) is 7.49. The van der Waals surface area contributed by atoms with E-state index in [1.807, 2.05) is 0 Å². The Balaban J connectivity index is 1.83. The first-order valence-corrected chi connectivity index (χ1v) is 9.25. The maximum atomic E-state index is 6.33. The van der Waals surface area contributed by atoms with E-state index in [4.69, 9.17) is 10.8 Å². The fraction of sp³-hybridized carbons (Fsp3) is 0.812. The monoisotopic (exact) mass is 295 g/mol. The molecule has 1 unspecified atom stereocenters. The third-order valence-electron chi connectivity index (χ3n) is 4.43. The number of nitrogens with zero attached hydrogens (tertiary/aromatic N) is 2. The Morgan fingerprint density at radius 1 is 1.35 bits per heavy atom. The topological polar surface area (TPSA) is 43.8 Å². The largest absolute Gasteiger partial charge is 0.327 e. The van der Waals surface area contributed by atoms with Gasteiger partial charge in [-0.25, -0.2) is 0 Å². The molecule has 1 atom stereocenters. The van der Waals surface area contributed by atoms with Gasteiger partial charge >= 0.3 is 0 Å². The molecular formula is C16H29N3S. The number of hydrogen-bond donors (Lipinski definition) is 1. The van der Waals surface area contributed by atoms with Crippen molar-refractivity contribution in [3.8, 4) is 0 Å². The van der Waals surface area contributed by atoms with E-state index >= 15 is 0 Å². The van der Waals surface area contributed by atoms with E-state index in [9.17, 15) is 0 Å². The summed E-state index contributed by atoms with van der Waals surface area (Å²) in [5, 5.41) is 4.72. The molecule has 1 saturated heterocycles. The second-order valence-corrected chi connectivity index (χ2v) is 7.24. The molecule has 20 heavy (non-hydrogen) atoms. The van der Waals surface area contributed by atoms with Crippen LogP contribution in [0.5, 0.6) is 0 Å². The van der Waals surface area contributed by atoms with E-state index in [1.165, 1.54) is 30.8 Å². The zero-order chi connectivity index (χ0) is 14.4. The zero-order valence-electron chi connectivity index (χ0n) is 12.9. The number of nitrogens with two attached hydrogens (primary N) is 1. The maximum Gasteiger partial charge on any atom is 0.0640 e. The molecule has 1 fully saturated rings. The van der Waals surface area contributed by atoms with Gasteiger partial charge in [-0.15, -0.1) is 0 Å². The van der Waals surface area contributed by atoms with Crippen LogP contribution in [0.1, 0.15) is 57.7 Å². The van der Waals surface area contributed by atoms with Gasteiger partial charge in [-0.3, -0.25) is 4.68 Å². The number of hydrogen-bond acceptors (Lipinski definition) is 3. The first kappa shape index (κ1) is 15.9. The molecule has 0 aromatic carbocycles. The molecule has 0 aliphatic carbocycles. The van der Waals surface area contributed by atoms with Crippen LogP contribution in [0.4, 0.5) is 0 Å². The summed E-state index contributed by atoms with van der Waals surface area (Å²) in [6, 6.07) is 2.96. The predicted octanol–water partition coefficient (Wildman–Crippen LogP) is 3.65. The number of rotatable bonds is 7. The first-order chi connectivity index (χ1) is 9.72. The highest BCUT2D eigenvalue weighted by Crippen LogP contribution is 2.26. The van der Waals surface area contributed by atoms with Gasteiger partial charge in [0.15, 0.2) is 0 Å². The van der Waals surface area contributed by atoms with Crippen LogP contribution < -0.4 is 5.73 Å². The molecule has 114 valence electrons. The lowest BCUT2D eigenvalue weighted by Gasteiger charge is -2.24. The first-order valence-electron chi connectivity index (χ1n) is 8.10. The van der Waals surface area contributed by atoms with Crippen LogP contribution in [0, 0.1) is 5.92 Å². The third kappa shape index (κ3) is 4.52. The fourth-order valence-electron chi connectivity index (χ4n) is 3.11. The highest BCUT2D eigenvalue weighted by atomic mass is 32.2. The van der Waals surface area contributed by atoms with Crippen molar-refractivity contribution in [3.05, 3.63) is 18.0 Å². The molecule has 2 heterocycles. The van der Waals surface area contributed by atoms with Gasteiger partial charge in [0.05, 0.1) is 11.7 Å². The quantitative estimate of drug-likeness (QED) is 0.835. The molecule has 2 N–H and O–H groups in total. The lowest BCUT2D eigenvalue weighted by Crippen LogP contribution is -2.28. The van der Waals surface area contributed by atoms with Crippen molar-refractivity contribution in [1.29, 1.82) is 0 Å². The lowest BCUT2D eigenvalue weighted by atomic mass is 9.93. The normalized spacial score (nSPS) is 18.6. The minimum Gasteiger partial charge on any atom is -0.327 e. The summed E-state index contributed by atoms with van der Waals surface area (Å²) in [6.45, 7) is 4.45. The summed E-state index contributed by atoms with van der Waals surface area (Å²) in [7, 11) is 0. The SMILES string of the molecule is CCC(CC)n1ccc(CC(N)CC2CCSCC2)n1. The fourth-order valence-corrected chi connectivity index (χ4v) is 4.32. The summed E-state index contributed by atoms with van der Waals surface area (Å²) < 4.78 is 2.12. The molecule has 0 radical (unpaired) electrons. The Labute approximate surface area is 127 Å². The van der Waals surface area contributed by atoms with Gasteiger partial charge in [0.2, 0.25) is 0 Å². The average molecular weight is 295 g/mol. The molecule has 1 aliphatic rings. The van der Waals surface area contributed by atoms with Gasteiger partial charge in [-0.2, -0.15) is 16.9 Å². The van der Waals surface area contributed by atoms with Crippen LogP contribution >= 0.6 is 11.8 Å². The van der Waals surface area contributed by atoms with E-state index in [1.54, 1.807) is 0 Å². The minimum atomic E-state index is 0.271. The Hall–Kier alpha value is -0.480. The van der Waals surface area contributed by atoms with Gasteiger partial charge < -0.3 is 5.73 Å². The molecular weight excluding hydrogens is 266 g/mol. The van der Waals surface area contributed by atoms with E-state index in [-0.39, 0.29) is 6.04 Å². The van der Waals surface area contributed by atoms with E-state index in [0.717, 1.165) is 30.9 Å². The highest BCUT2D eigenvalue weighted by molar-refractivity contribution is 7.99. The highest BCUT2D eigenvalue weighted by Gasteiger charge is 2.18. The van der Waals surface area contributed by atoms with Crippen LogP contribution in [-0.4, -0.2) is 27.3 Å². The number of thioether (sulfide) groups is 1. The van der Waals surface area contributed by atoms with Crippen molar-refractivity contribution in [3.63, 3.8) is 0 Å². The van der Waals surface area contributed by atoms with Crippen LogP contribution in [0.3, 0.4) is 0 Å². The second-order valence-electron chi connectivity index (χ2n) is 6.01. The predicted molar refractivity (Wildman–Crippen MR) is 88.2 cm³/mol. The zero-order valence-corrected chi connectivity index (χ0v) is 13.7. The van der Waals surface area contributed by atoms with Crippen molar-refractivity contribution < 1.29 is 0 Å². The van der Waals surface area contributed by atoms with Crippen molar-refractivity contribution in [1.82, 2.24) is 9.78 Å². The van der Waals surface area contributed by atoms with Crippen LogP contribution in [-0.2, 0) is 6.42 Å². The summed E-state index contributed by atoms with van der Waals surface area (Å²) >= 11 is 2.08. The van der Waals surface area contributed by atoms with Crippen LogP contribution in [0.25, 0.3) is 0 Å². The summed E-state index contributed by atoms with van der Waals surface area (Å²) in [4.78, 5) is 0. The van der Waals surface area contributed by atoms with Crippen LogP contribution in [0.2, 0.25) is 0 Å². The molecule has 0 spiro atoms. The Kier molecular flexibility index (Phi) is 6.43. The van der Waals surface area contributed by atoms with Gasteiger partial charge in [-0.1, -0.05) is 13.8 Å². The molecule has 2 rings (SSSR count). The molecule has 1 aliphatic heterocycles. The Bertz CT molecular complexity index is 381. The van der Waals surface area contributed by atoms with Gasteiger partial charge in [0, 0.05) is 18.7 Å². The standard InChI is InChI=1S/C16H29N3S/c1-3-16(4-2)19-8-5-15(18-19)12-14(17)11-13-6-9-20-10-7-13/h5,8,13-14,16H,3-4,6-7,9-12,17H2,1-2H3. The molecule has 1 aromatic heterocycles. The van der Waals surface area contributed by atoms with E-state index in [2.05, 4.69) is 42.6 Å². The Morgan fingerprint density at radius 3 is 2.70 bits per heavy atom. The van der Waals surface area contributed by atoms with Crippen molar-refractivity contribution in [2.24, 2.45) is 11.7 Å². The van der Waals surface area contributed by atoms with E-state index in [0.29, 0.717) is 6.04 Å². The van der Waals surface area contributed by atoms with E-state index < -0.39 is 0 Å². The Morgan fingerprint density at radius 2 is 2.05 bits per heavy atom. The number of aromatic nitrogens is 2. The third-order valence-corrected chi connectivity index (χ3v) is 5.48. The lowest BCUT2D eigenvalue weighted by molar-refractivity contribution is 0.398. The maximum absolute atomic E-state index is 6.33. The molecule has 0 bridgehead atoms. The van der Waals surface area contributed by atoms with Gasteiger partial charge in [0.25, 0.3) is 0 Å². The van der Waals surface area contributed by atoms with Gasteiger partial charge in [-0.05, 0) is 55.6 Å². The smallest absolute Gasteiger partial charge is 0.0640 e. The van der Waals surface area contributed by atoms with Crippen molar-refractivity contribution in [2.75, 3.05) is 11.5 Å². The molecule has 0 saturated carbocycles. The molecule has 1 aromatic rings. The minimum absolute atomic E-state index is 0.271. The average Bonchev–Trinajstić information content (AvgIpc) is 2.89. The van der Waals surface area contributed by atoms with Crippen LogP contribution in [0.15, 0.2) is 12.3 Å². The molecule has 4 heteroatoms. The van der Waals surface area contributed by atoms with Crippen molar-refractivity contribution >= 4 is 11.8 Å². The molecule has 3 nitrogen and oxygen atoms in total.